The molecule has 4 heteroatoms. The first kappa shape index (κ1) is 15.1. The lowest BCUT2D eigenvalue weighted by atomic mass is 9.84. The maximum atomic E-state index is 11.9. The van der Waals surface area contributed by atoms with Crippen LogP contribution in [0.3, 0.4) is 0 Å². The molecule has 118 valence electrons. The number of ether oxygens (including phenoxy) is 1. The van der Waals surface area contributed by atoms with Gasteiger partial charge in [0.05, 0.1) is 25.1 Å². The van der Waals surface area contributed by atoms with Gasteiger partial charge in [0.15, 0.2) is 0 Å². The standard InChI is InChI=1S/C18H24N2O2/c1-3-22-18(21)14-8-9-17-15(10-14)11-19-12-20(17)16-7-5-4-6-13(16)2/h8-10,12-13,16H,3-7,11H2,1-2H3. The average molecular weight is 300 g/mol. The number of rotatable bonds is 3. The van der Waals surface area contributed by atoms with E-state index >= 15 is 0 Å². The summed E-state index contributed by atoms with van der Waals surface area (Å²) in [6.45, 7) is 5.20. The summed E-state index contributed by atoms with van der Waals surface area (Å²) in [5, 5.41) is 0. The third kappa shape index (κ3) is 2.87. The lowest BCUT2D eigenvalue weighted by Gasteiger charge is -2.39. The largest absolute Gasteiger partial charge is 0.462 e. The molecule has 0 N–H and O–H groups in total. The van der Waals surface area contributed by atoms with Crippen LogP contribution in [0.2, 0.25) is 0 Å². The predicted molar refractivity (Wildman–Crippen MR) is 88.5 cm³/mol. The van der Waals surface area contributed by atoms with E-state index in [2.05, 4.69) is 16.8 Å². The number of aliphatic imine (C=N–C) groups is 1. The van der Waals surface area contributed by atoms with Gasteiger partial charge in [-0.2, -0.15) is 0 Å². The first-order valence-corrected chi connectivity index (χ1v) is 8.29. The van der Waals surface area contributed by atoms with Crippen LogP contribution < -0.4 is 4.90 Å². The lowest BCUT2D eigenvalue weighted by molar-refractivity contribution is 0.0526. The minimum atomic E-state index is -0.252. The number of nitrogens with zero attached hydrogens (tertiary/aromatic N) is 2. The summed E-state index contributed by atoms with van der Waals surface area (Å²) in [5.41, 5.74) is 2.93. The number of fused-ring (bicyclic) bond motifs is 1. The Hall–Kier alpha value is -1.84. The van der Waals surface area contributed by atoms with Crippen LogP contribution in [0.1, 0.15) is 55.5 Å². The zero-order valence-corrected chi connectivity index (χ0v) is 13.4. The molecule has 0 bridgehead atoms. The quantitative estimate of drug-likeness (QED) is 0.798. The van der Waals surface area contributed by atoms with Gasteiger partial charge >= 0.3 is 5.97 Å². The molecule has 1 aromatic rings. The Morgan fingerprint density at radius 3 is 2.95 bits per heavy atom. The fourth-order valence-corrected chi connectivity index (χ4v) is 3.57. The van der Waals surface area contributed by atoms with E-state index in [1.807, 2.05) is 31.5 Å². The van der Waals surface area contributed by atoms with Gasteiger partial charge in [0.1, 0.15) is 0 Å². The summed E-state index contributed by atoms with van der Waals surface area (Å²) in [7, 11) is 0. The Kier molecular flexibility index (Phi) is 4.46. The summed E-state index contributed by atoms with van der Waals surface area (Å²) < 4.78 is 5.09. The summed E-state index contributed by atoms with van der Waals surface area (Å²) in [4.78, 5) is 18.7. The summed E-state index contributed by atoms with van der Waals surface area (Å²) >= 11 is 0. The Morgan fingerprint density at radius 2 is 2.18 bits per heavy atom. The van der Waals surface area contributed by atoms with Gasteiger partial charge in [-0.25, -0.2) is 4.79 Å². The van der Waals surface area contributed by atoms with E-state index in [4.69, 9.17) is 4.74 Å². The molecule has 1 fully saturated rings. The van der Waals surface area contributed by atoms with E-state index in [-0.39, 0.29) is 5.97 Å². The molecule has 4 nitrogen and oxygen atoms in total. The molecule has 1 heterocycles. The van der Waals surface area contributed by atoms with Crippen molar-refractivity contribution in [3.63, 3.8) is 0 Å². The molecule has 1 aliphatic carbocycles. The Balaban J connectivity index is 1.87. The molecule has 2 unspecified atom stereocenters. The molecule has 0 amide bonds. The highest BCUT2D eigenvalue weighted by Gasteiger charge is 2.29. The van der Waals surface area contributed by atoms with Crippen molar-refractivity contribution in [1.82, 2.24) is 0 Å². The third-order valence-corrected chi connectivity index (χ3v) is 4.76. The molecule has 1 saturated carbocycles. The van der Waals surface area contributed by atoms with Crippen LogP contribution in [0, 0.1) is 5.92 Å². The number of carbonyl (C=O) groups is 1. The van der Waals surface area contributed by atoms with Crippen LogP contribution in [0.5, 0.6) is 0 Å². The van der Waals surface area contributed by atoms with Gasteiger partial charge in [-0.15, -0.1) is 0 Å². The van der Waals surface area contributed by atoms with E-state index in [1.165, 1.54) is 31.4 Å². The smallest absolute Gasteiger partial charge is 0.338 e. The van der Waals surface area contributed by atoms with Gasteiger partial charge in [-0.05, 0) is 49.4 Å². The highest BCUT2D eigenvalue weighted by Crippen LogP contribution is 2.34. The number of hydrogen-bond donors (Lipinski definition) is 0. The topological polar surface area (TPSA) is 41.9 Å². The van der Waals surface area contributed by atoms with Gasteiger partial charge < -0.3 is 9.64 Å². The van der Waals surface area contributed by atoms with Gasteiger partial charge in [0.25, 0.3) is 0 Å². The number of benzene rings is 1. The minimum Gasteiger partial charge on any atom is -0.462 e. The molecule has 2 atom stereocenters. The highest BCUT2D eigenvalue weighted by atomic mass is 16.5. The molecule has 3 rings (SSSR count). The van der Waals surface area contributed by atoms with Crippen LogP contribution in [-0.2, 0) is 11.3 Å². The highest BCUT2D eigenvalue weighted by molar-refractivity contribution is 5.92. The van der Waals surface area contributed by atoms with Crippen molar-refractivity contribution in [2.45, 2.75) is 52.1 Å². The molecule has 1 aromatic carbocycles. The van der Waals surface area contributed by atoms with Gasteiger partial charge in [-0.3, -0.25) is 4.99 Å². The van der Waals surface area contributed by atoms with Crippen molar-refractivity contribution in [3.8, 4) is 0 Å². The van der Waals surface area contributed by atoms with Crippen LogP contribution in [0.15, 0.2) is 23.2 Å². The predicted octanol–water partition coefficient (Wildman–Crippen LogP) is 3.79. The molecule has 22 heavy (non-hydrogen) atoms. The van der Waals surface area contributed by atoms with Crippen LogP contribution in [0.4, 0.5) is 5.69 Å². The first-order valence-electron chi connectivity index (χ1n) is 8.29. The maximum absolute atomic E-state index is 11.9. The second kappa shape index (κ2) is 6.51. The van der Waals surface area contributed by atoms with Crippen LogP contribution >= 0.6 is 0 Å². The van der Waals surface area contributed by atoms with Crippen molar-refractivity contribution < 1.29 is 9.53 Å². The second-order valence-corrected chi connectivity index (χ2v) is 6.26. The maximum Gasteiger partial charge on any atom is 0.338 e. The SMILES string of the molecule is CCOC(=O)c1ccc2c(c1)CN=CN2C1CCCCC1C. The Morgan fingerprint density at radius 1 is 1.36 bits per heavy atom. The summed E-state index contributed by atoms with van der Waals surface area (Å²) in [6, 6.07) is 6.37. The molecule has 0 radical (unpaired) electrons. The molecular weight excluding hydrogens is 276 g/mol. The van der Waals surface area contributed by atoms with Gasteiger partial charge in [-0.1, -0.05) is 19.8 Å². The van der Waals surface area contributed by atoms with Crippen molar-refractivity contribution in [2.75, 3.05) is 11.5 Å². The average Bonchev–Trinajstić information content (AvgIpc) is 2.54. The number of carbonyl (C=O) groups excluding carboxylic acids is 1. The summed E-state index contributed by atoms with van der Waals surface area (Å²) in [5.74, 6) is 0.424. The molecular formula is C18H24N2O2. The lowest BCUT2D eigenvalue weighted by Crippen LogP contribution is -2.42. The van der Waals surface area contributed by atoms with Gasteiger partial charge in [0.2, 0.25) is 0 Å². The zero-order chi connectivity index (χ0) is 15.5. The normalized spacial score (nSPS) is 24.0. The van der Waals surface area contributed by atoms with E-state index in [9.17, 15) is 4.79 Å². The van der Waals surface area contributed by atoms with E-state index in [0.29, 0.717) is 30.7 Å². The van der Waals surface area contributed by atoms with E-state index < -0.39 is 0 Å². The van der Waals surface area contributed by atoms with Crippen molar-refractivity contribution in [1.29, 1.82) is 0 Å². The minimum absolute atomic E-state index is 0.252. The zero-order valence-electron chi connectivity index (χ0n) is 13.4. The second-order valence-electron chi connectivity index (χ2n) is 6.26. The van der Waals surface area contributed by atoms with Crippen molar-refractivity contribution >= 4 is 18.0 Å². The molecule has 0 aromatic heterocycles. The van der Waals surface area contributed by atoms with E-state index in [0.717, 1.165) is 5.56 Å². The van der Waals surface area contributed by atoms with E-state index in [1.54, 1.807) is 0 Å². The fraction of sp³-hybridized carbons (Fsp3) is 0.556. The third-order valence-electron chi connectivity index (χ3n) is 4.76. The monoisotopic (exact) mass is 300 g/mol. The molecule has 0 spiro atoms. The van der Waals surface area contributed by atoms with Crippen molar-refractivity contribution in [2.24, 2.45) is 10.9 Å². The Labute approximate surface area is 132 Å². The van der Waals surface area contributed by atoms with Crippen molar-refractivity contribution in [3.05, 3.63) is 29.3 Å². The number of hydrogen-bond acceptors (Lipinski definition) is 4. The molecule has 2 aliphatic rings. The molecule has 1 aliphatic heterocycles. The fourth-order valence-electron chi connectivity index (χ4n) is 3.57. The van der Waals surface area contributed by atoms with Crippen LogP contribution in [0.25, 0.3) is 0 Å². The number of anilines is 1. The van der Waals surface area contributed by atoms with Crippen LogP contribution in [-0.4, -0.2) is 25.0 Å². The molecule has 0 saturated heterocycles. The first-order chi connectivity index (χ1) is 10.7. The summed E-state index contributed by atoms with van der Waals surface area (Å²) in [6.07, 6.45) is 7.10. The number of esters is 1. The Bertz CT molecular complexity index is 582. The van der Waals surface area contributed by atoms with Gasteiger partial charge in [0, 0.05) is 11.7 Å².